The predicted octanol–water partition coefficient (Wildman–Crippen LogP) is 9.46. The van der Waals surface area contributed by atoms with Crippen LogP contribution in [-0.4, -0.2) is 18.4 Å². The first kappa shape index (κ1) is 25.6. The molecule has 0 spiro atoms. The summed E-state index contributed by atoms with van der Waals surface area (Å²) in [5.41, 5.74) is 8.10. The third-order valence-electron chi connectivity index (χ3n) is 8.08. The molecule has 5 aromatic rings. The van der Waals surface area contributed by atoms with E-state index in [1.54, 1.807) is 7.18 Å². The van der Waals surface area contributed by atoms with Crippen molar-refractivity contribution in [3.63, 3.8) is 0 Å². The van der Waals surface area contributed by atoms with Gasteiger partial charge in [0.15, 0.2) is 0 Å². The summed E-state index contributed by atoms with van der Waals surface area (Å²) in [6.07, 6.45) is 0. The molecule has 0 unspecified atom stereocenters. The van der Waals surface area contributed by atoms with E-state index in [2.05, 4.69) is 172 Å². The molecule has 6 rings (SSSR count). The molecule has 0 saturated carbocycles. The zero-order valence-electron chi connectivity index (χ0n) is 22.9. The van der Waals surface area contributed by atoms with Gasteiger partial charge in [0.1, 0.15) is 0 Å². The fourth-order valence-corrected chi connectivity index (χ4v) is 24.8. The topological polar surface area (TPSA) is 0 Å². The molecule has 1 heterocycles. The van der Waals surface area contributed by atoms with Gasteiger partial charge in [0.2, 0.25) is 0 Å². The van der Waals surface area contributed by atoms with Crippen LogP contribution in [0.5, 0.6) is 0 Å². The van der Waals surface area contributed by atoms with E-state index in [1.807, 2.05) is 0 Å². The monoisotopic (exact) mass is 610 g/mol. The van der Waals surface area contributed by atoms with E-state index in [-0.39, 0.29) is 3.43 Å². The van der Waals surface area contributed by atoms with Gasteiger partial charge in [-0.05, 0) is 0 Å². The van der Waals surface area contributed by atoms with Crippen molar-refractivity contribution in [1.29, 1.82) is 0 Å². The van der Waals surface area contributed by atoms with Crippen LogP contribution in [0.2, 0.25) is 3.43 Å². The minimum atomic E-state index is -3.84. The molecular weight excluding hydrogens is 575 g/mol. The average molecular weight is 609 g/mol. The summed E-state index contributed by atoms with van der Waals surface area (Å²) in [5.74, 6) is 0. The summed E-state index contributed by atoms with van der Waals surface area (Å²) >= 11 is -3.84. The average Bonchev–Trinajstić information content (AvgIpc) is 3.33. The molecule has 0 fully saturated rings. The summed E-state index contributed by atoms with van der Waals surface area (Å²) in [6, 6.07) is 56.2. The molecule has 1 aliphatic rings. The zero-order chi connectivity index (χ0) is 26.9. The summed E-state index contributed by atoms with van der Waals surface area (Å²) in [6.45, 7) is 7.50. The second-order valence-electron chi connectivity index (χ2n) is 11.3. The molecule has 5 aromatic carbocycles. The predicted molar refractivity (Wildman–Crippen MR) is 171 cm³/mol. The number of rotatable bonds is 5. The van der Waals surface area contributed by atoms with Crippen molar-refractivity contribution in [2.24, 2.45) is 0 Å². The summed E-state index contributed by atoms with van der Waals surface area (Å²) in [5, 5.41) is 0. The molecule has 0 N–H and O–H groups in total. The van der Waals surface area contributed by atoms with Gasteiger partial charge in [-0.2, -0.15) is 0 Å². The van der Waals surface area contributed by atoms with Crippen molar-refractivity contribution in [2.45, 2.75) is 24.2 Å². The molecule has 0 atom stereocenters. The Bertz CT molecular complexity index is 1520. The second kappa shape index (κ2) is 10.5. The zero-order valence-corrected chi connectivity index (χ0v) is 25.8. The van der Waals surface area contributed by atoms with E-state index >= 15 is 0 Å². The van der Waals surface area contributed by atoms with E-state index in [9.17, 15) is 0 Å². The fourth-order valence-electron chi connectivity index (χ4n) is 6.63. The van der Waals surface area contributed by atoms with Gasteiger partial charge < -0.3 is 0 Å². The van der Waals surface area contributed by atoms with Crippen LogP contribution in [-0.2, 0) is 0 Å². The Labute approximate surface area is 237 Å². The van der Waals surface area contributed by atoms with E-state index in [4.69, 9.17) is 0 Å². The van der Waals surface area contributed by atoms with Crippen molar-refractivity contribution >= 4 is 40.3 Å². The molecular formula is C38H34Sn. The molecule has 0 radical (unpaired) electrons. The first-order valence-electron chi connectivity index (χ1n) is 13.8. The Balaban J connectivity index is 1.91. The van der Waals surface area contributed by atoms with Crippen LogP contribution in [0.3, 0.4) is 0 Å². The van der Waals surface area contributed by atoms with Crippen LogP contribution in [0.15, 0.2) is 152 Å². The van der Waals surface area contributed by atoms with E-state index in [0.717, 1.165) is 0 Å². The quantitative estimate of drug-likeness (QED) is 0.174. The Morgan fingerprint density at radius 3 is 0.949 bits per heavy atom. The van der Waals surface area contributed by atoms with Gasteiger partial charge in [0, 0.05) is 0 Å². The van der Waals surface area contributed by atoms with Gasteiger partial charge in [0.05, 0.1) is 0 Å². The molecule has 39 heavy (non-hydrogen) atoms. The minimum absolute atomic E-state index is 0.0446. The molecule has 190 valence electrons. The fraction of sp³-hybridized carbons (Fsp3) is 0.105. The molecule has 0 aromatic heterocycles. The molecule has 1 aliphatic heterocycles. The van der Waals surface area contributed by atoms with Gasteiger partial charge in [-0.15, -0.1) is 0 Å². The van der Waals surface area contributed by atoms with Crippen LogP contribution in [0, 0.1) is 0 Å². The molecule has 0 aliphatic carbocycles. The maximum absolute atomic E-state index is 3.84. The Kier molecular flexibility index (Phi) is 6.91. The standard InChI is InChI=1S/C28H20.C6H5.C4H9.Sn/c1-5-13-23(14-6-1)21-27(25-17-9-3-10-18-25)28(26-19-11-4-12-20-26)22-24-15-7-2-8-16-24;1-2-4-6-5-3-1;1-4(2)3;/h1-20H;1-5H;1-3H3;. The first-order valence-corrected chi connectivity index (χ1v) is 19.5. The number of allylic oxidation sites excluding steroid dienone is 2. The summed E-state index contributed by atoms with van der Waals surface area (Å²) in [7, 11) is 0. The van der Waals surface area contributed by atoms with Crippen LogP contribution in [0.4, 0.5) is 0 Å². The maximum atomic E-state index is 2.50. The number of hydrogen-bond acceptors (Lipinski definition) is 0. The summed E-state index contributed by atoms with van der Waals surface area (Å²) < 4.78 is 4.72. The molecule has 0 bridgehead atoms. The molecule has 0 nitrogen and oxygen atoms in total. The van der Waals surface area contributed by atoms with E-state index in [1.165, 1.54) is 37.0 Å². The van der Waals surface area contributed by atoms with Gasteiger partial charge in [-0.3, -0.25) is 0 Å². The van der Waals surface area contributed by atoms with Gasteiger partial charge >= 0.3 is 238 Å². The van der Waals surface area contributed by atoms with Crippen molar-refractivity contribution < 1.29 is 0 Å². The van der Waals surface area contributed by atoms with Gasteiger partial charge in [-0.25, -0.2) is 0 Å². The van der Waals surface area contributed by atoms with Gasteiger partial charge in [0.25, 0.3) is 0 Å². The molecule has 1 heteroatoms. The molecule has 0 amide bonds. The molecule has 0 saturated heterocycles. The third-order valence-corrected chi connectivity index (χ3v) is 25.3. The van der Waals surface area contributed by atoms with Crippen LogP contribution in [0.25, 0.3) is 18.3 Å². The Hall–Kier alpha value is -3.62. The Morgan fingerprint density at radius 2 is 0.641 bits per heavy atom. The van der Waals surface area contributed by atoms with Crippen molar-refractivity contribution in [3.05, 3.63) is 174 Å². The van der Waals surface area contributed by atoms with Crippen molar-refractivity contribution in [3.8, 4) is 0 Å². The Morgan fingerprint density at radius 1 is 0.359 bits per heavy atom. The van der Waals surface area contributed by atoms with Crippen LogP contribution >= 0.6 is 0 Å². The SMILES string of the molecule is C[C](C)(C)[Sn]1([c]2ccccc2)[C](c2ccccc2)=C(c2ccccc2)C(c2ccccc2)=[C]1c1ccccc1. The van der Waals surface area contributed by atoms with Gasteiger partial charge in [-0.1, -0.05) is 0 Å². The van der Waals surface area contributed by atoms with Crippen LogP contribution < -0.4 is 3.58 Å². The number of hydrogen-bond donors (Lipinski definition) is 0. The van der Waals surface area contributed by atoms with Crippen molar-refractivity contribution in [2.75, 3.05) is 0 Å². The third kappa shape index (κ3) is 4.32. The van der Waals surface area contributed by atoms with E-state index in [0.29, 0.717) is 0 Å². The normalized spacial score (nSPS) is 15.1. The first-order chi connectivity index (χ1) is 19.0. The second-order valence-corrected chi connectivity index (χ2v) is 24.4. The number of benzene rings is 5. The summed E-state index contributed by atoms with van der Waals surface area (Å²) in [4.78, 5) is 0. The van der Waals surface area contributed by atoms with Crippen LogP contribution in [0.1, 0.15) is 43.0 Å². The van der Waals surface area contributed by atoms with Crippen molar-refractivity contribution in [1.82, 2.24) is 0 Å². The van der Waals surface area contributed by atoms with E-state index < -0.39 is 18.4 Å².